The van der Waals surface area contributed by atoms with E-state index in [9.17, 15) is 18.9 Å². The van der Waals surface area contributed by atoms with Crippen molar-refractivity contribution in [2.75, 3.05) is 5.32 Å². The molecule has 1 aromatic carbocycles. The molecule has 2 aromatic rings. The molecule has 100 valence electrons. The Morgan fingerprint density at radius 1 is 1.37 bits per heavy atom. The molecule has 0 spiro atoms. The fourth-order valence-electron chi connectivity index (χ4n) is 1.63. The number of anilines is 1. The molecule has 0 saturated carbocycles. The molecule has 0 aliphatic carbocycles. The number of benzene rings is 1. The smallest absolute Gasteiger partial charge is 0.307 e. The van der Waals surface area contributed by atoms with Crippen LogP contribution in [0.4, 0.5) is 20.2 Å². The SMILES string of the molecule is CC(Nc1cc([N+](=O)[O-])c(F)cc1F)c1cccs1. The van der Waals surface area contributed by atoms with Crippen molar-refractivity contribution in [3.05, 3.63) is 56.3 Å². The number of nitro groups is 1. The lowest BCUT2D eigenvalue weighted by Crippen LogP contribution is -2.07. The lowest BCUT2D eigenvalue weighted by Gasteiger charge is -2.14. The number of nitrogens with one attached hydrogen (secondary N) is 1. The summed E-state index contributed by atoms with van der Waals surface area (Å²) in [7, 11) is 0. The first-order valence-electron chi connectivity index (χ1n) is 5.42. The van der Waals surface area contributed by atoms with E-state index in [1.807, 2.05) is 17.5 Å². The topological polar surface area (TPSA) is 55.2 Å². The second kappa shape index (κ2) is 5.31. The highest BCUT2D eigenvalue weighted by Crippen LogP contribution is 2.29. The third-order valence-electron chi connectivity index (χ3n) is 2.58. The summed E-state index contributed by atoms with van der Waals surface area (Å²) in [5.41, 5.74) is -0.837. The van der Waals surface area contributed by atoms with Gasteiger partial charge in [-0.05, 0) is 18.4 Å². The number of hydrogen-bond acceptors (Lipinski definition) is 4. The first-order valence-corrected chi connectivity index (χ1v) is 6.30. The number of nitrogens with zero attached hydrogens (tertiary/aromatic N) is 1. The van der Waals surface area contributed by atoms with Gasteiger partial charge in [-0.25, -0.2) is 4.39 Å². The minimum absolute atomic E-state index is 0.0889. The van der Waals surface area contributed by atoms with Crippen molar-refractivity contribution in [1.82, 2.24) is 0 Å². The zero-order valence-corrected chi connectivity index (χ0v) is 10.7. The van der Waals surface area contributed by atoms with Crippen LogP contribution in [0.3, 0.4) is 0 Å². The van der Waals surface area contributed by atoms with E-state index >= 15 is 0 Å². The normalized spacial score (nSPS) is 12.2. The summed E-state index contributed by atoms with van der Waals surface area (Å²) < 4.78 is 26.8. The summed E-state index contributed by atoms with van der Waals surface area (Å²) in [5.74, 6) is -2.04. The Labute approximate surface area is 111 Å². The zero-order valence-electron chi connectivity index (χ0n) is 9.89. The van der Waals surface area contributed by atoms with Gasteiger partial charge in [-0.2, -0.15) is 4.39 Å². The predicted octanol–water partition coefficient (Wildman–Crippen LogP) is 4.11. The molecule has 4 nitrogen and oxygen atoms in total. The molecule has 1 aromatic heterocycles. The molecular formula is C12H10F2N2O2S. The molecule has 0 saturated heterocycles. The minimum atomic E-state index is -1.18. The van der Waals surface area contributed by atoms with Gasteiger partial charge in [-0.3, -0.25) is 10.1 Å². The standard InChI is InChI=1S/C12H10F2N2O2S/c1-7(12-3-2-4-19-12)15-10-6-11(16(17)18)9(14)5-8(10)13/h2-7,15H,1H3. The molecule has 0 amide bonds. The summed E-state index contributed by atoms with van der Waals surface area (Å²) >= 11 is 1.48. The monoisotopic (exact) mass is 284 g/mol. The van der Waals surface area contributed by atoms with Crippen LogP contribution in [-0.4, -0.2) is 4.92 Å². The van der Waals surface area contributed by atoms with Gasteiger partial charge in [0.25, 0.3) is 0 Å². The zero-order chi connectivity index (χ0) is 14.0. The third-order valence-corrected chi connectivity index (χ3v) is 3.63. The highest BCUT2D eigenvalue weighted by Gasteiger charge is 2.19. The molecule has 19 heavy (non-hydrogen) atoms. The Hall–Kier alpha value is -2.02. The number of thiophene rings is 1. The number of halogens is 2. The van der Waals surface area contributed by atoms with E-state index in [4.69, 9.17) is 0 Å². The summed E-state index contributed by atoms with van der Waals surface area (Å²) in [6.07, 6.45) is 0. The Morgan fingerprint density at radius 2 is 2.11 bits per heavy atom. The van der Waals surface area contributed by atoms with Crippen LogP contribution in [0.2, 0.25) is 0 Å². The lowest BCUT2D eigenvalue weighted by molar-refractivity contribution is -0.387. The Morgan fingerprint density at radius 3 is 2.68 bits per heavy atom. The van der Waals surface area contributed by atoms with Crippen molar-refractivity contribution in [3.63, 3.8) is 0 Å². The Bertz CT molecular complexity index is 602. The minimum Gasteiger partial charge on any atom is -0.375 e. The molecule has 0 radical (unpaired) electrons. The first kappa shape index (κ1) is 13.4. The van der Waals surface area contributed by atoms with E-state index < -0.39 is 22.2 Å². The fraction of sp³-hybridized carbons (Fsp3) is 0.167. The summed E-state index contributed by atoms with van der Waals surface area (Å²) in [6, 6.07) is 4.87. The van der Waals surface area contributed by atoms with Gasteiger partial charge in [0.15, 0.2) is 0 Å². The third kappa shape index (κ3) is 2.87. The number of hydrogen-bond donors (Lipinski definition) is 1. The quantitative estimate of drug-likeness (QED) is 0.679. The van der Waals surface area contributed by atoms with E-state index in [1.54, 1.807) is 6.92 Å². The Kier molecular flexibility index (Phi) is 3.75. The van der Waals surface area contributed by atoms with Crippen LogP contribution < -0.4 is 5.32 Å². The predicted molar refractivity (Wildman–Crippen MR) is 69.4 cm³/mol. The average molecular weight is 284 g/mol. The van der Waals surface area contributed by atoms with Crippen LogP contribution in [0.1, 0.15) is 17.8 Å². The maximum atomic E-state index is 13.6. The van der Waals surface area contributed by atoms with Gasteiger partial charge < -0.3 is 5.32 Å². The molecule has 7 heteroatoms. The van der Waals surface area contributed by atoms with Gasteiger partial charge in [-0.1, -0.05) is 6.07 Å². The second-order valence-electron chi connectivity index (χ2n) is 3.92. The van der Waals surface area contributed by atoms with Crippen LogP contribution >= 0.6 is 11.3 Å². The van der Waals surface area contributed by atoms with Gasteiger partial charge in [0, 0.05) is 17.0 Å². The molecule has 0 bridgehead atoms. The van der Waals surface area contributed by atoms with E-state index in [0.29, 0.717) is 6.07 Å². The van der Waals surface area contributed by atoms with E-state index in [0.717, 1.165) is 10.9 Å². The highest BCUT2D eigenvalue weighted by atomic mass is 32.1. The van der Waals surface area contributed by atoms with Crippen molar-refractivity contribution in [1.29, 1.82) is 0 Å². The number of nitro benzene ring substituents is 1. The number of rotatable bonds is 4. The molecular weight excluding hydrogens is 274 g/mol. The molecule has 1 heterocycles. The van der Waals surface area contributed by atoms with Gasteiger partial charge in [0.1, 0.15) is 5.82 Å². The van der Waals surface area contributed by atoms with E-state index in [1.165, 1.54) is 11.3 Å². The molecule has 1 atom stereocenters. The van der Waals surface area contributed by atoms with Crippen LogP contribution in [0.15, 0.2) is 29.6 Å². The van der Waals surface area contributed by atoms with Crippen molar-refractivity contribution < 1.29 is 13.7 Å². The largest absolute Gasteiger partial charge is 0.375 e. The van der Waals surface area contributed by atoms with Crippen LogP contribution in [0.25, 0.3) is 0 Å². The van der Waals surface area contributed by atoms with Crippen molar-refractivity contribution in [2.24, 2.45) is 0 Å². The van der Waals surface area contributed by atoms with Crippen molar-refractivity contribution in [2.45, 2.75) is 13.0 Å². The fourth-order valence-corrected chi connectivity index (χ4v) is 2.36. The maximum Gasteiger partial charge on any atom is 0.307 e. The van der Waals surface area contributed by atoms with Crippen molar-refractivity contribution >= 4 is 22.7 Å². The Balaban J connectivity index is 2.30. The molecule has 0 fully saturated rings. The molecule has 0 aliphatic rings. The van der Waals surface area contributed by atoms with E-state index in [-0.39, 0.29) is 11.7 Å². The molecule has 1 unspecified atom stereocenters. The van der Waals surface area contributed by atoms with Gasteiger partial charge >= 0.3 is 5.69 Å². The average Bonchev–Trinajstić information content (AvgIpc) is 2.85. The van der Waals surface area contributed by atoms with E-state index in [2.05, 4.69) is 5.32 Å². The maximum absolute atomic E-state index is 13.6. The first-order chi connectivity index (χ1) is 8.99. The van der Waals surface area contributed by atoms with Gasteiger partial charge in [0.2, 0.25) is 5.82 Å². The highest BCUT2D eigenvalue weighted by molar-refractivity contribution is 7.10. The molecule has 1 N–H and O–H groups in total. The van der Waals surface area contributed by atoms with Gasteiger partial charge in [0.05, 0.1) is 16.7 Å². The molecule has 0 aliphatic heterocycles. The summed E-state index contributed by atoms with van der Waals surface area (Å²) in [5, 5.41) is 15.3. The molecule has 2 rings (SSSR count). The summed E-state index contributed by atoms with van der Waals surface area (Å²) in [4.78, 5) is 10.7. The van der Waals surface area contributed by atoms with Crippen LogP contribution in [-0.2, 0) is 0 Å². The van der Waals surface area contributed by atoms with Crippen LogP contribution in [0.5, 0.6) is 0 Å². The second-order valence-corrected chi connectivity index (χ2v) is 4.90. The lowest BCUT2D eigenvalue weighted by atomic mass is 10.2. The van der Waals surface area contributed by atoms with Gasteiger partial charge in [-0.15, -0.1) is 11.3 Å². The van der Waals surface area contributed by atoms with Crippen LogP contribution in [0, 0.1) is 21.7 Å². The van der Waals surface area contributed by atoms with Crippen molar-refractivity contribution in [3.8, 4) is 0 Å². The summed E-state index contributed by atoms with van der Waals surface area (Å²) in [6.45, 7) is 1.79.